The predicted molar refractivity (Wildman–Crippen MR) is 92.0 cm³/mol. The lowest BCUT2D eigenvalue weighted by Gasteiger charge is -2.38. The Labute approximate surface area is 157 Å². The lowest BCUT2D eigenvalue weighted by atomic mass is 10.0. The third-order valence-corrected chi connectivity index (χ3v) is 4.88. The molecule has 25 heavy (non-hydrogen) atoms. The molecule has 1 aromatic carbocycles. The van der Waals surface area contributed by atoms with Crippen LogP contribution in [0.3, 0.4) is 0 Å². The lowest BCUT2D eigenvalue weighted by molar-refractivity contribution is -0.0936. The van der Waals surface area contributed by atoms with Crippen LogP contribution in [0.5, 0.6) is 0 Å². The minimum absolute atomic E-state index is 0.0156. The molecule has 1 fully saturated rings. The molecule has 0 radical (unpaired) electrons. The summed E-state index contributed by atoms with van der Waals surface area (Å²) in [6.07, 6.45) is -3.45. The first kappa shape index (κ1) is 18.8. The van der Waals surface area contributed by atoms with Crippen LogP contribution >= 0.6 is 34.8 Å². The topological polar surface area (TPSA) is 28.1 Å². The molecule has 10 heteroatoms. The number of morpholine rings is 1. The molecule has 0 aliphatic carbocycles. The third-order valence-electron chi connectivity index (χ3n) is 3.86. The first-order chi connectivity index (χ1) is 11.8. The fourth-order valence-corrected chi connectivity index (χ4v) is 3.41. The second-order valence-corrected chi connectivity index (χ2v) is 6.70. The van der Waals surface area contributed by atoms with E-state index in [9.17, 15) is 13.2 Å². The first-order valence-corrected chi connectivity index (χ1v) is 8.49. The number of nitrogens with zero attached hydrogens (tertiary/aromatic N) is 3. The largest absolute Gasteiger partial charge is 0.433 e. The molecule has 0 saturated carbocycles. The number of hydrogen-bond acceptors (Lipinski definition) is 4. The van der Waals surface area contributed by atoms with Crippen LogP contribution in [0.1, 0.15) is 5.56 Å². The second-order valence-electron chi connectivity index (χ2n) is 5.48. The van der Waals surface area contributed by atoms with Crippen molar-refractivity contribution in [3.8, 4) is 0 Å². The highest BCUT2D eigenvalue weighted by molar-refractivity contribution is 6.44. The van der Waals surface area contributed by atoms with Crippen LogP contribution in [0.2, 0.25) is 15.1 Å². The van der Waals surface area contributed by atoms with Gasteiger partial charge in [0.05, 0.1) is 29.8 Å². The number of rotatable bonds is 2. The summed E-state index contributed by atoms with van der Waals surface area (Å²) in [5.41, 5.74) is -0.949. The Morgan fingerprint density at radius 3 is 2.40 bits per heavy atom. The summed E-state index contributed by atoms with van der Waals surface area (Å²) in [5, 5.41) is 3.80. The Bertz CT molecular complexity index is 731. The lowest BCUT2D eigenvalue weighted by Crippen LogP contribution is -2.49. The molecule has 4 nitrogen and oxygen atoms in total. The quantitative estimate of drug-likeness (QED) is 0.667. The molecule has 0 unspecified atom stereocenters. The van der Waals surface area contributed by atoms with Crippen molar-refractivity contribution in [3.05, 3.63) is 38.5 Å². The van der Waals surface area contributed by atoms with Crippen LogP contribution in [0.4, 0.5) is 13.2 Å². The average Bonchev–Trinajstić information content (AvgIpc) is 2.57. The number of alkyl halides is 3. The number of halogens is 6. The SMILES string of the molecule is FC(F)(F)C1=C(c2cc(Cl)cc(Cl)c2Cl)CN(N2CCOCC2)C=N1. The number of benzene rings is 1. The highest BCUT2D eigenvalue weighted by Crippen LogP contribution is 2.41. The van der Waals surface area contributed by atoms with Gasteiger partial charge in [-0.05, 0) is 12.1 Å². The minimum atomic E-state index is -4.62. The maximum Gasteiger partial charge on any atom is 0.433 e. The number of allylic oxidation sites excluding steroid dienone is 1. The zero-order valence-electron chi connectivity index (χ0n) is 12.8. The fraction of sp³-hybridized carbons (Fsp3) is 0.400. The molecular weight excluding hydrogens is 402 g/mol. The fourth-order valence-electron chi connectivity index (χ4n) is 2.70. The maximum absolute atomic E-state index is 13.4. The van der Waals surface area contributed by atoms with E-state index in [2.05, 4.69) is 4.99 Å². The van der Waals surface area contributed by atoms with E-state index in [0.717, 1.165) is 0 Å². The Kier molecular flexibility index (Phi) is 5.51. The van der Waals surface area contributed by atoms with Crippen molar-refractivity contribution in [2.45, 2.75) is 6.18 Å². The summed E-state index contributed by atoms with van der Waals surface area (Å²) in [4.78, 5) is 3.64. The van der Waals surface area contributed by atoms with Crippen LogP contribution in [0, 0.1) is 0 Å². The van der Waals surface area contributed by atoms with Gasteiger partial charge < -0.3 is 4.74 Å². The molecular formula is C15H13Cl3F3N3O. The number of hydrazine groups is 1. The van der Waals surface area contributed by atoms with Gasteiger partial charge in [0, 0.05) is 29.2 Å². The van der Waals surface area contributed by atoms with E-state index in [0.29, 0.717) is 26.3 Å². The Morgan fingerprint density at radius 2 is 1.76 bits per heavy atom. The Hall–Kier alpha value is -0.990. The molecule has 0 atom stereocenters. The average molecular weight is 415 g/mol. The summed E-state index contributed by atoms with van der Waals surface area (Å²) in [5.74, 6) is 0. The van der Waals surface area contributed by atoms with Crippen LogP contribution in [-0.2, 0) is 4.74 Å². The van der Waals surface area contributed by atoms with Gasteiger partial charge in [0.25, 0.3) is 0 Å². The molecule has 0 aromatic heterocycles. The molecule has 0 bridgehead atoms. The van der Waals surface area contributed by atoms with E-state index in [-0.39, 0.29) is 32.7 Å². The Morgan fingerprint density at radius 1 is 1.08 bits per heavy atom. The third kappa shape index (κ3) is 4.06. The summed E-state index contributed by atoms with van der Waals surface area (Å²) < 4.78 is 45.6. The van der Waals surface area contributed by atoms with Crippen LogP contribution in [0.15, 0.2) is 22.8 Å². The number of hydrogen-bond donors (Lipinski definition) is 0. The van der Waals surface area contributed by atoms with Crippen molar-refractivity contribution in [3.63, 3.8) is 0 Å². The molecule has 2 aliphatic rings. The summed E-state index contributed by atoms with van der Waals surface area (Å²) >= 11 is 18.1. The Balaban J connectivity index is 2.04. The highest BCUT2D eigenvalue weighted by atomic mass is 35.5. The smallest absolute Gasteiger partial charge is 0.379 e. The van der Waals surface area contributed by atoms with Gasteiger partial charge in [0.1, 0.15) is 6.34 Å². The van der Waals surface area contributed by atoms with Crippen molar-refractivity contribution in [1.82, 2.24) is 10.0 Å². The van der Waals surface area contributed by atoms with Crippen LogP contribution < -0.4 is 0 Å². The standard InChI is InChI=1S/C15H13Cl3F3N3O/c16-9-5-10(13(18)12(17)6-9)11-7-24(23-1-3-25-4-2-23)8-22-14(11)15(19,20)21/h5-6,8H,1-4,7H2. The van der Waals surface area contributed by atoms with Gasteiger partial charge in [0.2, 0.25) is 0 Å². The number of ether oxygens (including phenoxy) is 1. The monoisotopic (exact) mass is 413 g/mol. The van der Waals surface area contributed by atoms with Gasteiger partial charge in [0.15, 0.2) is 5.70 Å². The van der Waals surface area contributed by atoms with Crippen molar-refractivity contribution in [2.24, 2.45) is 4.99 Å². The van der Waals surface area contributed by atoms with Gasteiger partial charge in [-0.3, -0.25) is 5.01 Å². The van der Waals surface area contributed by atoms with Crippen molar-refractivity contribution < 1.29 is 17.9 Å². The van der Waals surface area contributed by atoms with Gasteiger partial charge in [-0.1, -0.05) is 34.8 Å². The van der Waals surface area contributed by atoms with Gasteiger partial charge >= 0.3 is 6.18 Å². The van der Waals surface area contributed by atoms with Gasteiger partial charge in [-0.25, -0.2) is 10.0 Å². The predicted octanol–water partition coefficient (Wildman–Crippen LogP) is 4.51. The van der Waals surface area contributed by atoms with E-state index < -0.39 is 11.9 Å². The van der Waals surface area contributed by atoms with Crippen molar-refractivity contribution in [1.29, 1.82) is 0 Å². The van der Waals surface area contributed by atoms with Crippen LogP contribution in [-0.4, -0.2) is 55.4 Å². The first-order valence-electron chi connectivity index (χ1n) is 7.36. The second kappa shape index (κ2) is 7.32. The van der Waals surface area contributed by atoms with E-state index in [1.807, 2.05) is 5.01 Å². The highest BCUT2D eigenvalue weighted by Gasteiger charge is 2.40. The van der Waals surface area contributed by atoms with E-state index in [1.54, 1.807) is 5.01 Å². The molecule has 1 aromatic rings. The van der Waals surface area contributed by atoms with Crippen LogP contribution in [0.25, 0.3) is 5.57 Å². The zero-order chi connectivity index (χ0) is 18.2. The van der Waals surface area contributed by atoms with Crippen molar-refractivity contribution >= 4 is 46.7 Å². The summed E-state index contributed by atoms with van der Waals surface area (Å²) in [6, 6.07) is 2.75. The molecule has 2 heterocycles. The summed E-state index contributed by atoms with van der Waals surface area (Å²) in [6.45, 7) is 2.07. The maximum atomic E-state index is 13.4. The molecule has 136 valence electrons. The molecule has 0 amide bonds. The molecule has 0 spiro atoms. The van der Waals surface area contributed by atoms with E-state index >= 15 is 0 Å². The van der Waals surface area contributed by atoms with Crippen molar-refractivity contribution in [2.75, 3.05) is 32.8 Å². The minimum Gasteiger partial charge on any atom is -0.379 e. The van der Waals surface area contributed by atoms with E-state index in [4.69, 9.17) is 39.5 Å². The molecule has 3 rings (SSSR count). The summed E-state index contributed by atoms with van der Waals surface area (Å²) in [7, 11) is 0. The molecule has 0 N–H and O–H groups in total. The normalized spacial score (nSPS) is 19.7. The molecule has 2 aliphatic heterocycles. The van der Waals surface area contributed by atoms with E-state index in [1.165, 1.54) is 18.5 Å². The van der Waals surface area contributed by atoms with Gasteiger partial charge in [-0.2, -0.15) is 13.2 Å². The number of aliphatic imine (C=N–C) groups is 1. The molecule has 1 saturated heterocycles. The van der Waals surface area contributed by atoms with Gasteiger partial charge in [-0.15, -0.1) is 0 Å². The zero-order valence-corrected chi connectivity index (χ0v) is 15.1.